The summed E-state index contributed by atoms with van der Waals surface area (Å²) < 4.78 is 26.8. The Morgan fingerprint density at radius 1 is 1.29 bits per heavy atom. The molecule has 1 aliphatic rings. The van der Waals surface area contributed by atoms with Gasteiger partial charge in [-0.25, -0.2) is 8.78 Å². The number of rotatable bonds is 1. The maximum Gasteiger partial charge on any atom is 0.184 e. The van der Waals surface area contributed by atoms with Crippen LogP contribution in [0.2, 0.25) is 0 Å². The molecule has 0 bridgehead atoms. The van der Waals surface area contributed by atoms with Gasteiger partial charge in [-0.05, 0) is 31.9 Å². The van der Waals surface area contributed by atoms with Crippen LogP contribution < -0.4 is 10.6 Å². The van der Waals surface area contributed by atoms with E-state index in [1.54, 1.807) is 11.8 Å². The molecule has 17 heavy (non-hydrogen) atoms. The van der Waals surface area contributed by atoms with Gasteiger partial charge < -0.3 is 15.7 Å². The highest BCUT2D eigenvalue weighted by Gasteiger charge is 2.29. The van der Waals surface area contributed by atoms with Gasteiger partial charge in [0.2, 0.25) is 0 Å². The summed E-state index contributed by atoms with van der Waals surface area (Å²) in [7, 11) is 0. The van der Waals surface area contributed by atoms with Gasteiger partial charge in [-0.15, -0.1) is 0 Å². The lowest BCUT2D eigenvalue weighted by atomic mass is 9.93. The average Bonchev–Trinajstić information content (AvgIpc) is 2.26. The van der Waals surface area contributed by atoms with Gasteiger partial charge in [0.15, 0.2) is 11.6 Å². The van der Waals surface area contributed by atoms with Crippen LogP contribution in [0.5, 0.6) is 0 Å². The van der Waals surface area contributed by atoms with E-state index in [-0.39, 0.29) is 11.4 Å². The number of anilines is 2. The van der Waals surface area contributed by atoms with Crippen LogP contribution in [0.15, 0.2) is 12.1 Å². The summed E-state index contributed by atoms with van der Waals surface area (Å²) in [5, 5.41) is 9.81. The lowest BCUT2D eigenvalue weighted by Gasteiger charge is -2.37. The van der Waals surface area contributed by atoms with Crippen molar-refractivity contribution in [2.24, 2.45) is 0 Å². The molecule has 0 saturated carbocycles. The number of aliphatic hydroxyl groups is 1. The van der Waals surface area contributed by atoms with Gasteiger partial charge in [0, 0.05) is 13.1 Å². The number of nitrogens with zero attached hydrogens (tertiary/aromatic N) is 1. The molecule has 0 radical (unpaired) electrons. The van der Waals surface area contributed by atoms with Crippen molar-refractivity contribution in [3.63, 3.8) is 0 Å². The van der Waals surface area contributed by atoms with E-state index in [1.807, 2.05) is 0 Å². The third-order valence-electron chi connectivity index (χ3n) is 3.26. The second kappa shape index (κ2) is 4.14. The summed E-state index contributed by atoms with van der Waals surface area (Å²) in [6.07, 6.45) is 1.03. The molecule has 1 aliphatic heterocycles. The van der Waals surface area contributed by atoms with E-state index in [1.165, 1.54) is 6.07 Å². The van der Waals surface area contributed by atoms with Gasteiger partial charge in [-0.1, -0.05) is 0 Å². The summed E-state index contributed by atoms with van der Waals surface area (Å²) in [6, 6.07) is 2.38. The van der Waals surface area contributed by atoms with Gasteiger partial charge in [-0.3, -0.25) is 0 Å². The summed E-state index contributed by atoms with van der Waals surface area (Å²) in [5.74, 6) is -1.81. The first kappa shape index (κ1) is 12.1. The van der Waals surface area contributed by atoms with Gasteiger partial charge in [0.1, 0.15) is 0 Å². The van der Waals surface area contributed by atoms with Crippen molar-refractivity contribution in [3.05, 3.63) is 23.8 Å². The first-order valence-corrected chi connectivity index (χ1v) is 5.61. The predicted octanol–water partition coefficient (Wildman–Crippen LogP) is 1.90. The fourth-order valence-corrected chi connectivity index (χ4v) is 2.09. The number of piperidine rings is 1. The fourth-order valence-electron chi connectivity index (χ4n) is 2.09. The van der Waals surface area contributed by atoms with Gasteiger partial charge in [0.05, 0.1) is 17.0 Å². The van der Waals surface area contributed by atoms with Crippen LogP contribution in [-0.4, -0.2) is 23.8 Å². The van der Waals surface area contributed by atoms with E-state index in [4.69, 9.17) is 5.73 Å². The van der Waals surface area contributed by atoms with Crippen LogP contribution in [0.1, 0.15) is 19.8 Å². The van der Waals surface area contributed by atoms with Crippen molar-refractivity contribution in [2.45, 2.75) is 25.4 Å². The number of hydrogen-bond acceptors (Lipinski definition) is 3. The Morgan fingerprint density at radius 3 is 2.47 bits per heavy atom. The molecule has 1 heterocycles. The molecule has 1 saturated heterocycles. The fraction of sp³-hybridized carbons (Fsp3) is 0.500. The average molecular weight is 242 g/mol. The molecule has 94 valence electrons. The molecule has 1 aromatic carbocycles. The first-order chi connectivity index (χ1) is 7.91. The monoisotopic (exact) mass is 242 g/mol. The highest BCUT2D eigenvalue weighted by molar-refractivity contribution is 5.68. The van der Waals surface area contributed by atoms with E-state index < -0.39 is 17.2 Å². The van der Waals surface area contributed by atoms with Crippen LogP contribution in [-0.2, 0) is 0 Å². The molecule has 0 unspecified atom stereocenters. The molecular formula is C12H16F2N2O. The Morgan fingerprint density at radius 2 is 1.88 bits per heavy atom. The summed E-state index contributed by atoms with van der Waals surface area (Å²) >= 11 is 0. The van der Waals surface area contributed by atoms with Crippen LogP contribution in [0, 0.1) is 11.6 Å². The summed E-state index contributed by atoms with van der Waals surface area (Å²) in [5.41, 5.74) is 5.29. The van der Waals surface area contributed by atoms with Crippen molar-refractivity contribution in [1.82, 2.24) is 0 Å². The zero-order valence-corrected chi connectivity index (χ0v) is 9.71. The second-order valence-corrected chi connectivity index (χ2v) is 4.78. The number of benzene rings is 1. The molecule has 0 amide bonds. The van der Waals surface area contributed by atoms with Crippen molar-refractivity contribution in [2.75, 3.05) is 23.7 Å². The molecule has 0 atom stereocenters. The first-order valence-electron chi connectivity index (χ1n) is 5.61. The molecule has 2 rings (SSSR count). The Hall–Kier alpha value is -1.36. The predicted molar refractivity (Wildman–Crippen MR) is 62.8 cm³/mol. The molecule has 3 N–H and O–H groups in total. The summed E-state index contributed by atoms with van der Waals surface area (Å²) in [4.78, 5) is 1.69. The number of nitrogens with two attached hydrogens (primary N) is 1. The highest BCUT2D eigenvalue weighted by atomic mass is 19.2. The largest absolute Gasteiger partial charge is 0.397 e. The third kappa shape index (κ3) is 2.34. The third-order valence-corrected chi connectivity index (χ3v) is 3.26. The molecule has 1 fully saturated rings. The highest BCUT2D eigenvalue weighted by Crippen LogP contribution is 2.32. The van der Waals surface area contributed by atoms with Gasteiger partial charge >= 0.3 is 0 Å². The molecule has 1 aromatic rings. The van der Waals surface area contributed by atoms with E-state index >= 15 is 0 Å². The normalized spacial score (nSPS) is 19.4. The lowest BCUT2D eigenvalue weighted by Crippen LogP contribution is -2.43. The SMILES string of the molecule is CC1(O)CCN(c2c(N)ccc(F)c2F)CC1. The van der Waals surface area contributed by atoms with Gasteiger partial charge in [0.25, 0.3) is 0 Å². The van der Waals surface area contributed by atoms with E-state index in [0.717, 1.165) is 6.07 Å². The maximum absolute atomic E-state index is 13.7. The van der Waals surface area contributed by atoms with Crippen molar-refractivity contribution >= 4 is 11.4 Å². The smallest absolute Gasteiger partial charge is 0.184 e. The molecule has 0 aliphatic carbocycles. The Kier molecular flexibility index (Phi) is 2.95. The molecule has 3 nitrogen and oxygen atoms in total. The van der Waals surface area contributed by atoms with Crippen molar-refractivity contribution in [3.8, 4) is 0 Å². The van der Waals surface area contributed by atoms with Crippen LogP contribution in [0.4, 0.5) is 20.2 Å². The van der Waals surface area contributed by atoms with Crippen molar-refractivity contribution < 1.29 is 13.9 Å². The molecular weight excluding hydrogens is 226 g/mol. The number of nitrogen functional groups attached to an aromatic ring is 1. The zero-order valence-electron chi connectivity index (χ0n) is 9.71. The van der Waals surface area contributed by atoms with Crippen LogP contribution >= 0.6 is 0 Å². The van der Waals surface area contributed by atoms with E-state index in [9.17, 15) is 13.9 Å². The Labute approximate surface area is 98.8 Å². The molecule has 5 heteroatoms. The van der Waals surface area contributed by atoms with E-state index in [2.05, 4.69) is 0 Å². The van der Waals surface area contributed by atoms with Crippen LogP contribution in [0.3, 0.4) is 0 Å². The minimum Gasteiger partial charge on any atom is -0.397 e. The van der Waals surface area contributed by atoms with E-state index in [0.29, 0.717) is 25.9 Å². The van der Waals surface area contributed by atoms with Gasteiger partial charge in [-0.2, -0.15) is 0 Å². The summed E-state index contributed by atoms with van der Waals surface area (Å²) in [6.45, 7) is 2.69. The van der Waals surface area contributed by atoms with Crippen molar-refractivity contribution in [1.29, 1.82) is 0 Å². The van der Waals surface area contributed by atoms with Crippen LogP contribution in [0.25, 0.3) is 0 Å². The zero-order chi connectivity index (χ0) is 12.6. The standard InChI is InChI=1S/C12H16F2N2O/c1-12(17)4-6-16(7-5-12)11-9(15)3-2-8(13)10(11)14/h2-3,17H,4-7,15H2,1H3. The Bertz CT molecular complexity index is 425. The Balaban J connectivity index is 2.27. The minimum atomic E-state index is -0.911. The number of hydrogen-bond donors (Lipinski definition) is 2. The molecule has 0 aromatic heterocycles. The lowest BCUT2D eigenvalue weighted by molar-refractivity contribution is 0.0350. The maximum atomic E-state index is 13.7. The second-order valence-electron chi connectivity index (χ2n) is 4.78. The minimum absolute atomic E-state index is 0.112. The topological polar surface area (TPSA) is 49.5 Å². The number of halogens is 2. The quantitative estimate of drug-likeness (QED) is 0.739. The molecule has 0 spiro atoms.